The number of rotatable bonds is 30. The highest BCUT2D eigenvalue weighted by Gasteiger charge is 2.18. The Bertz CT molecular complexity index is 1570. The molecule has 0 saturated carbocycles. The van der Waals surface area contributed by atoms with Gasteiger partial charge in [-0.15, -0.1) is 0 Å². The topological polar surface area (TPSA) is 161 Å². The largest absolute Gasteiger partial charge is 0.491 e. The monoisotopic (exact) mass is 806 g/mol. The van der Waals surface area contributed by atoms with E-state index in [1.165, 1.54) is 0 Å². The van der Waals surface area contributed by atoms with Crippen molar-refractivity contribution in [2.45, 2.75) is 51.7 Å². The first-order valence-electron chi connectivity index (χ1n) is 19.0. The van der Waals surface area contributed by atoms with Crippen molar-refractivity contribution < 1.29 is 66.5 Å². The van der Waals surface area contributed by atoms with E-state index < -0.39 is 36.1 Å². The number of esters is 4. The molecule has 0 radical (unpaired) electrons. The van der Waals surface area contributed by atoms with Gasteiger partial charge in [0.2, 0.25) is 0 Å². The van der Waals surface area contributed by atoms with E-state index in [1.807, 2.05) is 36.4 Å². The van der Waals surface area contributed by atoms with Gasteiger partial charge in [-0.05, 0) is 63.1 Å². The minimum absolute atomic E-state index is 0.0532. The van der Waals surface area contributed by atoms with Crippen molar-refractivity contribution in [2.75, 3.05) is 66.1 Å². The lowest BCUT2D eigenvalue weighted by atomic mass is 10.3. The Morgan fingerprint density at radius 2 is 0.879 bits per heavy atom. The van der Waals surface area contributed by atoms with Crippen molar-refractivity contribution in [2.24, 2.45) is 0 Å². The zero-order chi connectivity index (χ0) is 41.8. The molecule has 0 fully saturated rings. The molecule has 3 rings (SSSR count). The lowest BCUT2D eigenvalue weighted by Gasteiger charge is -2.19. The van der Waals surface area contributed by atoms with Crippen molar-refractivity contribution in [3.63, 3.8) is 0 Å². The summed E-state index contributed by atoms with van der Waals surface area (Å²) in [6.07, 6.45) is -0.662. The van der Waals surface area contributed by atoms with Crippen LogP contribution in [0.1, 0.15) is 39.5 Å². The van der Waals surface area contributed by atoms with Crippen LogP contribution in [-0.4, -0.2) is 102 Å². The molecule has 0 aliphatic heterocycles. The average molecular weight is 807 g/mol. The van der Waals surface area contributed by atoms with Gasteiger partial charge < -0.3 is 47.4 Å². The number of carbonyl (C=O) groups is 4. The molecular weight excluding hydrogens is 752 g/mol. The standard InChI is InChI=1S/C44H54O14/c1-33(2)43(47)53-22-12-20-41(45)57-39(31-55-35-14-7-5-8-15-35)29-49-24-26-51-37-18-11-19-38(28-37)52-27-25-50-30-40(32-56-36-16-9-6-10-17-36)58-42(46)21-13-23-54-44(48)34(3)4/h5-11,14-19,28,39-40H,1,3,12-13,20-27,29-32H2,2,4H3. The normalized spacial score (nSPS) is 11.6. The van der Waals surface area contributed by atoms with Gasteiger partial charge in [-0.25, -0.2) is 9.59 Å². The number of hydrogen-bond acceptors (Lipinski definition) is 14. The Kier molecular flexibility index (Phi) is 22.2. The molecule has 0 bridgehead atoms. The maximum absolute atomic E-state index is 12.5. The first-order valence-corrected chi connectivity index (χ1v) is 19.0. The number of benzene rings is 3. The Balaban J connectivity index is 1.37. The molecule has 0 spiro atoms. The minimum atomic E-state index is -0.687. The molecule has 0 saturated heterocycles. The van der Waals surface area contributed by atoms with Crippen LogP contribution in [-0.2, 0) is 47.6 Å². The summed E-state index contributed by atoms with van der Waals surface area (Å²) in [4.78, 5) is 48.1. The lowest BCUT2D eigenvalue weighted by Crippen LogP contribution is -2.30. The minimum Gasteiger partial charge on any atom is -0.491 e. The number of hydrogen-bond donors (Lipinski definition) is 0. The molecule has 2 unspecified atom stereocenters. The number of carbonyl (C=O) groups excluding carboxylic acids is 4. The van der Waals surface area contributed by atoms with Crippen molar-refractivity contribution in [3.05, 3.63) is 109 Å². The van der Waals surface area contributed by atoms with Crippen LogP contribution in [0.4, 0.5) is 0 Å². The van der Waals surface area contributed by atoms with Crippen molar-refractivity contribution >= 4 is 23.9 Å². The second-order valence-electron chi connectivity index (χ2n) is 12.8. The molecule has 0 amide bonds. The van der Waals surface area contributed by atoms with Gasteiger partial charge in [-0.1, -0.05) is 55.6 Å². The van der Waals surface area contributed by atoms with Gasteiger partial charge in [0, 0.05) is 30.1 Å². The van der Waals surface area contributed by atoms with Crippen molar-refractivity contribution in [3.8, 4) is 23.0 Å². The van der Waals surface area contributed by atoms with Crippen molar-refractivity contribution in [1.29, 1.82) is 0 Å². The van der Waals surface area contributed by atoms with Crippen LogP contribution in [0.5, 0.6) is 23.0 Å². The molecule has 14 nitrogen and oxygen atoms in total. The Morgan fingerprint density at radius 1 is 0.483 bits per heavy atom. The third-order valence-corrected chi connectivity index (χ3v) is 7.57. The highest BCUT2D eigenvalue weighted by Crippen LogP contribution is 2.19. The van der Waals surface area contributed by atoms with Crippen LogP contribution in [0.15, 0.2) is 109 Å². The van der Waals surface area contributed by atoms with Gasteiger partial charge in [0.25, 0.3) is 0 Å². The summed E-state index contributed by atoms with van der Waals surface area (Å²) in [5.41, 5.74) is 0.574. The van der Waals surface area contributed by atoms with E-state index >= 15 is 0 Å². The van der Waals surface area contributed by atoms with E-state index in [0.717, 1.165) is 0 Å². The van der Waals surface area contributed by atoms with Gasteiger partial charge >= 0.3 is 23.9 Å². The molecule has 0 aliphatic carbocycles. The van der Waals surface area contributed by atoms with Gasteiger partial charge in [0.15, 0.2) is 12.2 Å². The molecule has 0 aromatic heterocycles. The fourth-order valence-corrected chi connectivity index (χ4v) is 4.66. The van der Waals surface area contributed by atoms with Crippen LogP contribution < -0.4 is 18.9 Å². The van der Waals surface area contributed by atoms with E-state index in [4.69, 9.17) is 47.4 Å². The van der Waals surface area contributed by atoms with Gasteiger partial charge in [0.1, 0.15) is 49.4 Å². The fraction of sp³-hybridized carbons (Fsp3) is 0.409. The summed E-state index contributed by atoms with van der Waals surface area (Å²) in [6.45, 7) is 11.5. The summed E-state index contributed by atoms with van der Waals surface area (Å²) in [5.74, 6) is 0.414. The van der Waals surface area contributed by atoms with Crippen molar-refractivity contribution in [1.82, 2.24) is 0 Å². The van der Waals surface area contributed by atoms with E-state index in [9.17, 15) is 19.2 Å². The van der Waals surface area contributed by atoms with Gasteiger partial charge in [-0.3, -0.25) is 9.59 Å². The quantitative estimate of drug-likeness (QED) is 0.0321. The third-order valence-electron chi connectivity index (χ3n) is 7.57. The van der Waals surface area contributed by atoms with Crippen LogP contribution in [0.2, 0.25) is 0 Å². The van der Waals surface area contributed by atoms with E-state index in [-0.39, 0.29) is 90.1 Å². The first-order chi connectivity index (χ1) is 28.1. The second-order valence-corrected chi connectivity index (χ2v) is 12.8. The molecule has 0 N–H and O–H groups in total. The lowest BCUT2D eigenvalue weighted by molar-refractivity contribution is -0.155. The summed E-state index contributed by atoms with van der Waals surface area (Å²) in [7, 11) is 0. The van der Waals surface area contributed by atoms with E-state index in [1.54, 1.807) is 62.4 Å². The smallest absolute Gasteiger partial charge is 0.333 e. The number of ether oxygens (including phenoxy) is 10. The predicted molar refractivity (Wildman–Crippen MR) is 213 cm³/mol. The summed E-state index contributed by atoms with van der Waals surface area (Å²) in [5, 5.41) is 0. The molecule has 14 heteroatoms. The van der Waals surface area contributed by atoms with E-state index in [0.29, 0.717) is 35.8 Å². The van der Waals surface area contributed by atoms with Crippen LogP contribution in [0.25, 0.3) is 0 Å². The molecule has 3 aromatic rings. The molecule has 0 heterocycles. The third kappa shape index (κ3) is 20.9. The second kappa shape index (κ2) is 27.7. The Labute approximate surface area is 339 Å². The molecule has 0 aliphatic rings. The summed E-state index contributed by atoms with van der Waals surface area (Å²) >= 11 is 0. The SMILES string of the molecule is C=C(C)C(=O)OCCCC(=O)OC(COCCOc1cccc(OCCOCC(COc2ccccc2)OC(=O)CCCOC(=O)C(=C)C)c1)COc1ccccc1. The maximum Gasteiger partial charge on any atom is 0.333 e. The fourth-order valence-electron chi connectivity index (χ4n) is 4.66. The predicted octanol–water partition coefficient (Wildman–Crippen LogP) is 6.26. The number of para-hydroxylation sites is 2. The summed E-state index contributed by atoms with van der Waals surface area (Å²) < 4.78 is 56.1. The summed E-state index contributed by atoms with van der Waals surface area (Å²) in [6, 6.07) is 25.4. The molecule has 58 heavy (non-hydrogen) atoms. The van der Waals surface area contributed by atoms with Crippen LogP contribution >= 0.6 is 0 Å². The molecular formula is C44H54O14. The molecule has 2 atom stereocenters. The van der Waals surface area contributed by atoms with Crippen LogP contribution in [0, 0.1) is 0 Å². The zero-order valence-electron chi connectivity index (χ0n) is 33.3. The molecule has 314 valence electrons. The highest BCUT2D eigenvalue weighted by molar-refractivity contribution is 5.87. The van der Waals surface area contributed by atoms with E-state index in [2.05, 4.69) is 13.2 Å². The maximum atomic E-state index is 12.5. The van der Waals surface area contributed by atoms with Gasteiger partial charge in [0.05, 0.1) is 39.6 Å². The Morgan fingerprint density at radius 3 is 1.28 bits per heavy atom. The molecule has 3 aromatic carbocycles. The van der Waals surface area contributed by atoms with Gasteiger partial charge in [-0.2, -0.15) is 0 Å². The first kappa shape index (κ1) is 46.5. The van der Waals surface area contributed by atoms with Crippen LogP contribution in [0.3, 0.4) is 0 Å². The average Bonchev–Trinajstić information content (AvgIpc) is 3.22. The zero-order valence-corrected chi connectivity index (χ0v) is 33.3. The highest BCUT2D eigenvalue weighted by atomic mass is 16.6. The Hall–Kier alpha value is -5.86.